The number of ether oxygens (including phenoxy) is 1. The van der Waals surface area contributed by atoms with Crippen LogP contribution in [0.4, 0.5) is 0 Å². The molecule has 1 amide bonds. The molecule has 16 heavy (non-hydrogen) atoms. The molecule has 1 atom stereocenters. The third-order valence-electron chi connectivity index (χ3n) is 3.69. The van der Waals surface area contributed by atoms with E-state index in [0.29, 0.717) is 11.8 Å². The highest BCUT2D eigenvalue weighted by molar-refractivity contribution is 5.76. The molecule has 1 aliphatic carbocycles. The van der Waals surface area contributed by atoms with Crippen molar-refractivity contribution in [3.63, 3.8) is 0 Å². The third-order valence-corrected chi connectivity index (χ3v) is 3.69. The van der Waals surface area contributed by atoms with Crippen LogP contribution in [0.2, 0.25) is 0 Å². The van der Waals surface area contributed by atoms with Crippen molar-refractivity contribution >= 4 is 5.91 Å². The van der Waals surface area contributed by atoms with Gasteiger partial charge in [0.25, 0.3) is 0 Å². The van der Waals surface area contributed by atoms with Gasteiger partial charge in [0.15, 0.2) is 0 Å². The lowest BCUT2D eigenvalue weighted by Gasteiger charge is -2.38. The molecule has 0 aromatic carbocycles. The van der Waals surface area contributed by atoms with Crippen molar-refractivity contribution in [2.24, 2.45) is 5.41 Å². The topological polar surface area (TPSA) is 50.4 Å². The Labute approximate surface area is 97.1 Å². The van der Waals surface area contributed by atoms with Crippen molar-refractivity contribution in [3.05, 3.63) is 0 Å². The molecule has 1 unspecified atom stereocenters. The summed E-state index contributed by atoms with van der Waals surface area (Å²) < 4.78 is 5.50. The molecular weight excluding hydrogens is 204 g/mol. The summed E-state index contributed by atoms with van der Waals surface area (Å²) in [5, 5.41) is 6.26. The van der Waals surface area contributed by atoms with Crippen molar-refractivity contribution in [1.29, 1.82) is 0 Å². The van der Waals surface area contributed by atoms with E-state index < -0.39 is 0 Å². The van der Waals surface area contributed by atoms with E-state index in [9.17, 15) is 4.79 Å². The van der Waals surface area contributed by atoms with Gasteiger partial charge >= 0.3 is 0 Å². The van der Waals surface area contributed by atoms with Crippen LogP contribution < -0.4 is 10.6 Å². The monoisotopic (exact) mass is 226 g/mol. The predicted octanol–water partition coefficient (Wildman–Crippen LogP) is 0.671. The van der Waals surface area contributed by atoms with Crippen molar-refractivity contribution in [3.8, 4) is 0 Å². The summed E-state index contributed by atoms with van der Waals surface area (Å²) in [5.74, 6) is 0.127. The Morgan fingerprint density at radius 3 is 2.94 bits per heavy atom. The number of carbonyl (C=O) groups is 1. The Morgan fingerprint density at radius 2 is 2.38 bits per heavy atom. The largest absolute Gasteiger partial charge is 0.375 e. The molecule has 4 nitrogen and oxygen atoms in total. The fourth-order valence-corrected chi connectivity index (χ4v) is 2.30. The van der Waals surface area contributed by atoms with E-state index in [1.165, 1.54) is 19.3 Å². The first-order valence-electron chi connectivity index (χ1n) is 6.27. The van der Waals surface area contributed by atoms with E-state index in [1.807, 2.05) is 0 Å². The Hall–Kier alpha value is -0.610. The normalized spacial score (nSPS) is 28.2. The number of hydrogen-bond acceptors (Lipinski definition) is 3. The fourth-order valence-electron chi connectivity index (χ4n) is 2.30. The van der Waals surface area contributed by atoms with Crippen LogP contribution in [0.3, 0.4) is 0 Å². The Kier molecular flexibility index (Phi) is 3.82. The Morgan fingerprint density at radius 1 is 1.56 bits per heavy atom. The third kappa shape index (κ3) is 3.19. The summed E-state index contributed by atoms with van der Waals surface area (Å²) in [6.45, 7) is 5.48. The van der Waals surface area contributed by atoms with Gasteiger partial charge in [-0.15, -0.1) is 0 Å². The molecule has 2 aliphatic rings. The lowest BCUT2D eigenvalue weighted by Crippen LogP contribution is -2.44. The molecule has 1 heterocycles. The maximum Gasteiger partial charge on any atom is 0.222 e. The van der Waals surface area contributed by atoms with E-state index in [4.69, 9.17) is 4.74 Å². The second-order valence-electron chi connectivity index (χ2n) is 5.34. The Bertz CT molecular complexity index is 245. The van der Waals surface area contributed by atoms with Crippen LogP contribution in [0, 0.1) is 5.41 Å². The molecule has 1 aliphatic heterocycles. The predicted molar refractivity (Wildman–Crippen MR) is 62.2 cm³/mol. The molecule has 92 valence electrons. The minimum Gasteiger partial charge on any atom is -0.375 e. The summed E-state index contributed by atoms with van der Waals surface area (Å²) in [5.41, 5.74) is 0.362. The van der Waals surface area contributed by atoms with Gasteiger partial charge in [0.05, 0.1) is 19.1 Å². The first-order valence-corrected chi connectivity index (χ1v) is 6.27. The summed E-state index contributed by atoms with van der Waals surface area (Å²) >= 11 is 0. The van der Waals surface area contributed by atoms with E-state index in [2.05, 4.69) is 17.6 Å². The maximum absolute atomic E-state index is 11.7. The zero-order chi connectivity index (χ0) is 11.4. The van der Waals surface area contributed by atoms with Crippen LogP contribution in [0.15, 0.2) is 0 Å². The molecule has 2 fully saturated rings. The molecular formula is C12H22N2O2. The molecule has 0 aromatic heterocycles. The van der Waals surface area contributed by atoms with Gasteiger partial charge in [-0.05, 0) is 18.3 Å². The fraction of sp³-hybridized carbons (Fsp3) is 0.917. The number of morpholine rings is 1. The SMILES string of the molecule is CC1(CNC(=O)CC2CNCCO2)CCC1. The van der Waals surface area contributed by atoms with Gasteiger partial charge in [-0.25, -0.2) is 0 Å². The highest BCUT2D eigenvalue weighted by Crippen LogP contribution is 2.39. The average molecular weight is 226 g/mol. The van der Waals surface area contributed by atoms with Gasteiger partial charge < -0.3 is 15.4 Å². The van der Waals surface area contributed by atoms with E-state index in [0.717, 1.165) is 26.2 Å². The zero-order valence-corrected chi connectivity index (χ0v) is 10.1. The molecule has 0 radical (unpaired) electrons. The molecule has 0 bridgehead atoms. The Balaban J connectivity index is 1.63. The lowest BCUT2D eigenvalue weighted by molar-refractivity contribution is -0.125. The maximum atomic E-state index is 11.7. The first kappa shape index (κ1) is 11.9. The average Bonchev–Trinajstić information content (AvgIpc) is 2.25. The molecule has 0 aromatic rings. The summed E-state index contributed by atoms with van der Waals surface area (Å²) in [4.78, 5) is 11.7. The molecule has 0 spiro atoms. The van der Waals surface area contributed by atoms with Crippen LogP contribution in [-0.4, -0.2) is 38.3 Å². The highest BCUT2D eigenvalue weighted by Gasteiger charge is 2.32. The van der Waals surface area contributed by atoms with Gasteiger partial charge in [0, 0.05) is 19.6 Å². The van der Waals surface area contributed by atoms with Gasteiger partial charge in [-0.2, -0.15) is 0 Å². The van der Waals surface area contributed by atoms with Crippen molar-refractivity contribution in [2.75, 3.05) is 26.2 Å². The van der Waals surface area contributed by atoms with Gasteiger partial charge in [0.2, 0.25) is 5.91 Å². The van der Waals surface area contributed by atoms with Crippen molar-refractivity contribution in [2.45, 2.75) is 38.7 Å². The second-order valence-corrected chi connectivity index (χ2v) is 5.34. The van der Waals surface area contributed by atoms with Gasteiger partial charge in [-0.3, -0.25) is 4.79 Å². The minimum atomic E-state index is 0.0583. The number of hydrogen-bond donors (Lipinski definition) is 2. The van der Waals surface area contributed by atoms with Crippen LogP contribution in [0.25, 0.3) is 0 Å². The van der Waals surface area contributed by atoms with Crippen LogP contribution >= 0.6 is 0 Å². The number of amides is 1. The molecule has 2 N–H and O–H groups in total. The van der Waals surface area contributed by atoms with E-state index in [-0.39, 0.29) is 12.0 Å². The van der Waals surface area contributed by atoms with Crippen LogP contribution in [0.1, 0.15) is 32.6 Å². The molecule has 4 heteroatoms. The van der Waals surface area contributed by atoms with Gasteiger partial charge in [-0.1, -0.05) is 13.3 Å². The first-order chi connectivity index (χ1) is 7.68. The van der Waals surface area contributed by atoms with Gasteiger partial charge in [0.1, 0.15) is 0 Å². The molecule has 2 rings (SSSR count). The molecule has 1 saturated carbocycles. The summed E-state index contributed by atoms with van der Waals surface area (Å²) in [7, 11) is 0. The number of carbonyl (C=O) groups excluding carboxylic acids is 1. The van der Waals surface area contributed by atoms with E-state index in [1.54, 1.807) is 0 Å². The highest BCUT2D eigenvalue weighted by atomic mass is 16.5. The second kappa shape index (κ2) is 5.15. The summed E-state index contributed by atoms with van der Waals surface area (Å²) in [6, 6.07) is 0. The number of rotatable bonds is 4. The van der Waals surface area contributed by atoms with Crippen LogP contribution in [0.5, 0.6) is 0 Å². The minimum absolute atomic E-state index is 0.0583. The zero-order valence-electron chi connectivity index (χ0n) is 10.1. The smallest absolute Gasteiger partial charge is 0.222 e. The van der Waals surface area contributed by atoms with Crippen molar-refractivity contribution in [1.82, 2.24) is 10.6 Å². The standard InChI is InChI=1S/C12H22N2O2/c1-12(3-2-4-12)9-14-11(15)7-10-8-13-5-6-16-10/h10,13H,2-9H2,1H3,(H,14,15). The summed E-state index contributed by atoms with van der Waals surface area (Å²) in [6.07, 6.45) is 4.34. The van der Waals surface area contributed by atoms with Crippen molar-refractivity contribution < 1.29 is 9.53 Å². The molecule has 1 saturated heterocycles. The van der Waals surface area contributed by atoms with E-state index >= 15 is 0 Å². The lowest BCUT2D eigenvalue weighted by atomic mass is 9.70. The number of nitrogens with one attached hydrogen (secondary N) is 2. The van der Waals surface area contributed by atoms with Crippen LogP contribution in [-0.2, 0) is 9.53 Å². The quantitative estimate of drug-likeness (QED) is 0.741.